The molecular weight excluding hydrogens is 254 g/mol. The van der Waals surface area contributed by atoms with E-state index >= 15 is 0 Å². The van der Waals surface area contributed by atoms with Crippen LogP contribution in [0.25, 0.3) is 0 Å². The summed E-state index contributed by atoms with van der Waals surface area (Å²) in [5, 5.41) is 3.13. The Kier molecular flexibility index (Phi) is 4.55. The number of benzene rings is 1. The van der Waals surface area contributed by atoms with Gasteiger partial charge >= 0.3 is 0 Å². The third kappa shape index (κ3) is 3.47. The van der Waals surface area contributed by atoms with E-state index in [0.29, 0.717) is 17.9 Å². The van der Waals surface area contributed by atoms with Crippen molar-refractivity contribution in [3.8, 4) is 5.75 Å². The molecule has 5 nitrogen and oxygen atoms in total. The molecule has 0 radical (unpaired) electrons. The molecule has 0 saturated carbocycles. The summed E-state index contributed by atoms with van der Waals surface area (Å²) in [6.45, 7) is 3.17. The van der Waals surface area contributed by atoms with Crippen LogP contribution in [0.1, 0.15) is 22.8 Å². The van der Waals surface area contributed by atoms with Gasteiger partial charge in [0.2, 0.25) is 0 Å². The Morgan fingerprint density at radius 1 is 1.35 bits per heavy atom. The number of anilines is 1. The number of nitrogens with two attached hydrogens (primary N) is 1. The van der Waals surface area contributed by atoms with E-state index in [1.54, 1.807) is 30.5 Å². The van der Waals surface area contributed by atoms with E-state index in [0.717, 1.165) is 17.9 Å². The van der Waals surface area contributed by atoms with E-state index in [4.69, 9.17) is 10.5 Å². The first-order valence-corrected chi connectivity index (χ1v) is 6.41. The molecule has 1 aromatic carbocycles. The molecule has 5 heteroatoms. The number of pyridine rings is 1. The number of nitrogens with one attached hydrogen (secondary N) is 1. The Morgan fingerprint density at radius 2 is 2.15 bits per heavy atom. The van der Waals surface area contributed by atoms with E-state index in [1.165, 1.54) is 0 Å². The van der Waals surface area contributed by atoms with Gasteiger partial charge in [0.25, 0.3) is 5.91 Å². The van der Waals surface area contributed by atoms with Crippen LogP contribution in [-0.4, -0.2) is 17.4 Å². The second kappa shape index (κ2) is 6.56. The lowest BCUT2D eigenvalue weighted by Crippen LogP contribution is -2.13. The van der Waals surface area contributed by atoms with Crippen LogP contribution >= 0.6 is 0 Å². The number of para-hydroxylation sites is 1. The van der Waals surface area contributed by atoms with Crippen LogP contribution in [0.3, 0.4) is 0 Å². The highest BCUT2D eigenvalue weighted by molar-refractivity contribution is 5.95. The van der Waals surface area contributed by atoms with Gasteiger partial charge in [0.1, 0.15) is 18.2 Å². The normalized spacial score (nSPS) is 10.1. The Labute approximate surface area is 117 Å². The molecule has 104 valence electrons. The molecule has 2 aromatic rings. The number of hydrogen-bond acceptors (Lipinski definition) is 4. The van der Waals surface area contributed by atoms with Crippen molar-refractivity contribution in [3.05, 3.63) is 53.7 Å². The Morgan fingerprint density at radius 3 is 2.90 bits per heavy atom. The van der Waals surface area contributed by atoms with E-state index in [1.807, 2.05) is 19.1 Å². The van der Waals surface area contributed by atoms with E-state index in [2.05, 4.69) is 10.3 Å². The summed E-state index contributed by atoms with van der Waals surface area (Å²) in [7, 11) is 0. The van der Waals surface area contributed by atoms with E-state index in [9.17, 15) is 4.79 Å². The predicted molar refractivity (Wildman–Crippen MR) is 77.7 cm³/mol. The van der Waals surface area contributed by atoms with Gasteiger partial charge < -0.3 is 15.8 Å². The number of nitrogens with zero attached hydrogens (tertiary/aromatic N) is 1. The maximum Gasteiger partial charge on any atom is 0.252 e. The highest BCUT2D eigenvalue weighted by atomic mass is 16.5. The molecule has 0 aliphatic rings. The number of hydrogen-bond donors (Lipinski definition) is 2. The molecular formula is C15H17N3O2. The third-order valence-corrected chi connectivity index (χ3v) is 2.73. The summed E-state index contributed by atoms with van der Waals surface area (Å²) < 4.78 is 5.66. The van der Waals surface area contributed by atoms with Gasteiger partial charge in [0.05, 0.1) is 5.56 Å². The Balaban J connectivity index is 2.09. The zero-order chi connectivity index (χ0) is 14.4. The second-order valence-electron chi connectivity index (χ2n) is 4.23. The molecule has 1 heterocycles. The second-order valence-corrected chi connectivity index (χ2v) is 4.23. The largest absolute Gasteiger partial charge is 0.488 e. The molecule has 0 spiro atoms. The molecule has 0 unspecified atom stereocenters. The van der Waals surface area contributed by atoms with Gasteiger partial charge in [0.15, 0.2) is 0 Å². The van der Waals surface area contributed by atoms with Crippen molar-refractivity contribution in [1.29, 1.82) is 0 Å². The van der Waals surface area contributed by atoms with Gasteiger partial charge in [0, 0.05) is 12.7 Å². The van der Waals surface area contributed by atoms with Crippen LogP contribution in [0.5, 0.6) is 5.75 Å². The van der Waals surface area contributed by atoms with Crippen LogP contribution in [0, 0.1) is 0 Å². The summed E-state index contributed by atoms with van der Waals surface area (Å²) >= 11 is 0. The van der Waals surface area contributed by atoms with Gasteiger partial charge in [-0.1, -0.05) is 12.1 Å². The third-order valence-electron chi connectivity index (χ3n) is 2.73. The maximum atomic E-state index is 11.3. The lowest BCUT2D eigenvalue weighted by Gasteiger charge is -2.10. The summed E-state index contributed by atoms with van der Waals surface area (Å²) in [6.07, 6.45) is 1.72. The standard InChI is InChI=1S/C15H17N3O2/c1-2-17-14-9-11(7-8-18-14)10-20-13-6-4-3-5-12(13)15(16)19/h3-9H,2,10H2,1H3,(H2,16,19)(H,17,18). The fourth-order valence-electron chi connectivity index (χ4n) is 1.80. The number of carbonyl (C=O) groups excluding carboxylic acids is 1. The van der Waals surface area contributed by atoms with Crippen molar-refractivity contribution in [2.45, 2.75) is 13.5 Å². The number of rotatable bonds is 6. The number of carbonyl (C=O) groups is 1. The van der Waals surface area contributed by atoms with Crippen LogP contribution in [0.4, 0.5) is 5.82 Å². The van der Waals surface area contributed by atoms with Gasteiger partial charge in [-0.25, -0.2) is 4.98 Å². The van der Waals surface area contributed by atoms with Gasteiger partial charge in [-0.3, -0.25) is 4.79 Å². The molecule has 2 rings (SSSR count). The number of primary amides is 1. The van der Waals surface area contributed by atoms with Gasteiger partial charge in [-0.05, 0) is 36.8 Å². The van der Waals surface area contributed by atoms with Crippen molar-refractivity contribution in [2.24, 2.45) is 5.73 Å². The molecule has 0 fully saturated rings. The quantitative estimate of drug-likeness (QED) is 0.844. The van der Waals surface area contributed by atoms with E-state index < -0.39 is 5.91 Å². The highest BCUT2D eigenvalue weighted by Crippen LogP contribution is 2.19. The zero-order valence-corrected chi connectivity index (χ0v) is 11.3. The lowest BCUT2D eigenvalue weighted by molar-refractivity contribution is 0.0996. The molecule has 1 amide bonds. The van der Waals surface area contributed by atoms with Crippen molar-refractivity contribution >= 4 is 11.7 Å². The summed E-state index contributed by atoms with van der Waals surface area (Å²) in [4.78, 5) is 15.5. The molecule has 20 heavy (non-hydrogen) atoms. The SMILES string of the molecule is CCNc1cc(COc2ccccc2C(N)=O)ccn1. The van der Waals surface area contributed by atoms with Crippen LogP contribution < -0.4 is 15.8 Å². The summed E-state index contributed by atoms with van der Waals surface area (Å²) in [5.41, 5.74) is 6.66. The minimum Gasteiger partial charge on any atom is -0.488 e. The first-order valence-electron chi connectivity index (χ1n) is 6.41. The average molecular weight is 271 g/mol. The number of amides is 1. The highest BCUT2D eigenvalue weighted by Gasteiger charge is 2.08. The van der Waals surface area contributed by atoms with Gasteiger partial charge in [-0.2, -0.15) is 0 Å². The monoisotopic (exact) mass is 271 g/mol. The maximum absolute atomic E-state index is 11.3. The molecule has 0 saturated heterocycles. The zero-order valence-electron chi connectivity index (χ0n) is 11.3. The van der Waals surface area contributed by atoms with Gasteiger partial charge in [-0.15, -0.1) is 0 Å². The molecule has 0 aliphatic carbocycles. The van der Waals surface area contributed by atoms with Crippen LogP contribution in [-0.2, 0) is 6.61 Å². The number of ether oxygens (including phenoxy) is 1. The molecule has 0 aliphatic heterocycles. The van der Waals surface area contributed by atoms with E-state index in [-0.39, 0.29) is 0 Å². The molecule has 3 N–H and O–H groups in total. The van der Waals surface area contributed by atoms with Crippen molar-refractivity contribution in [3.63, 3.8) is 0 Å². The fourth-order valence-corrected chi connectivity index (χ4v) is 1.80. The average Bonchev–Trinajstić information content (AvgIpc) is 2.46. The first-order chi connectivity index (χ1) is 9.70. The van der Waals surface area contributed by atoms with Crippen LogP contribution in [0.15, 0.2) is 42.6 Å². The minimum atomic E-state index is -0.497. The smallest absolute Gasteiger partial charge is 0.252 e. The fraction of sp³-hybridized carbons (Fsp3) is 0.200. The lowest BCUT2D eigenvalue weighted by atomic mass is 10.2. The first kappa shape index (κ1) is 13.9. The van der Waals surface area contributed by atoms with Crippen molar-refractivity contribution in [1.82, 2.24) is 4.98 Å². The Hall–Kier alpha value is -2.56. The Bertz CT molecular complexity index is 599. The van der Waals surface area contributed by atoms with Crippen LogP contribution in [0.2, 0.25) is 0 Å². The molecule has 0 bridgehead atoms. The minimum absolute atomic E-state index is 0.352. The topological polar surface area (TPSA) is 77.2 Å². The summed E-state index contributed by atoms with van der Waals surface area (Å²) in [5.74, 6) is 0.794. The van der Waals surface area contributed by atoms with Crippen molar-refractivity contribution < 1.29 is 9.53 Å². The molecule has 0 atom stereocenters. The van der Waals surface area contributed by atoms with Crippen molar-refractivity contribution in [2.75, 3.05) is 11.9 Å². The molecule has 1 aromatic heterocycles. The predicted octanol–water partition coefficient (Wildman–Crippen LogP) is 2.19. The number of aromatic nitrogens is 1. The summed E-state index contributed by atoms with van der Waals surface area (Å²) in [6, 6.07) is 10.7.